The standard InChI is InChI=1S/C24H27Cl2N7O3/c1-12(2)29-24-30-18-11-32(22(35)14-6-7-16(25)17(26)9-14)13(3)8-15(18)23(36)33(24)19-10-28-20(31(19)5)21(34)27-4/h6-7,9-10,12-13H,8,11H2,1-5H3,(H,27,34)(H,29,30)/t13-/m1/s1. The first kappa shape index (κ1) is 25.7. The molecule has 0 spiro atoms. The van der Waals surface area contributed by atoms with Gasteiger partial charge in [0.05, 0.1) is 28.5 Å². The molecule has 0 saturated carbocycles. The molecule has 0 fully saturated rings. The molecule has 1 aliphatic heterocycles. The summed E-state index contributed by atoms with van der Waals surface area (Å²) < 4.78 is 2.98. The quantitative estimate of drug-likeness (QED) is 0.522. The van der Waals surface area contributed by atoms with E-state index in [4.69, 9.17) is 28.2 Å². The van der Waals surface area contributed by atoms with E-state index in [2.05, 4.69) is 15.6 Å². The molecular formula is C24H27Cl2N7O3. The highest BCUT2D eigenvalue weighted by Gasteiger charge is 2.32. The summed E-state index contributed by atoms with van der Waals surface area (Å²) in [6, 6.07) is 4.45. The molecule has 4 rings (SSSR count). The molecule has 1 aromatic carbocycles. The number of nitrogens with one attached hydrogen (secondary N) is 2. The molecule has 0 saturated heterocycles. The lowest BCUT2D eigenvalue weighted by Crippen LogP contribution is -2.46. The number of carbonyl (C=O) groups excluding carboxylic acids is 2. The minimum Gasteiger partial charge on any atom is -0.353 e. The smallest absolute Gasteiger partial charge is 0.287 e. The number of imidazole rings is 1. The van der Waals surface area contributed by atoms with Gasteiger partial charge in [0.15, 0.2) is 5.82 Å². The van der Waals surface area contributed by atoms with Crippen molar-refractivity contribution in [3.8, 4) is 5.82 Å². The average molecular weight is 532 g/mol. The number of fused-ring (bicyclic) bond motifs is 1. The van der Waals surface area contributed by atoms with E-state index in [1.165, 1.54) is 23.9 Å². The third kappa shape index (κ3) is 4.58. The largest absolute Gasteiger partial charge is 0.353 e. The van der Waals surface area contributed by atoms with Gasteiger partial charge in [-0.05, 0) is 45.4 Å². The number of benzene rings is 1. The molecule has 3 aromatic rings. The molecule has 2 amide bonds. The summed E-state index contributed by atoms with van der Waals surface area (Å²) in [6.07, 6.45) is 1.79. The van der Waals surface area contributed by atoms with Gasteiger partial charge in [0.2, 0.25) is 5.95 Å². The van der Waals surface area contributed by atoms with Crippen LogP contribution < -0.4 is 16.2 Å². The Morgan fingerprint density at radius 2 is 1.92 bits per heavy atom. The van der Waals surface area contributed by atoms with Crippen molar-refractivity contribution >= 4 is 41.0 Å². The number of anilines is 1. The van der Waals surface area contributed by atoms with Gasteiger partial charge in [-0.15, -0.1) is 0 Å². The third-order valence-corrected chi connectivity index (χ3v) is 6.82. The maximum absolute atomic E-state index is 13.8. The molecule has 2 N–H and O–H groups in total. The van der Waals surface area contributed by atoms with Crippen molar-refractivity contribution in [3.05, 3.63) is 67.4 Å². The molecule has 1 atom stereocenters. The summed E-state index contributed by atoms with van der Waals surface area (Å²) in [6.45, 7) is 5.90. The normalized spacial score (nSPS) is 15.1. The van der Waals surface area contributed by atoms with Crippen molar-refractivity contribution in [1.29, 1.82) is 0 Å². The van der Waals surface area contributed by atoms with Crippen molar-refractivity contribution < 1.29 is 9.59 Å². The zero-order valence-corrected chi connectivity index (χ0v) is 22.1. The van der Waals surface area contributed by atoms with Gasteiger partial charge in [-0.25, -0.2) is 14.5 Å². The molecule has 0 aliphatic carbocycles. The molecule has 0 bridgehead atoms. The number of hydrogen-bond acceptors (Lipinski definition) is 6. The summed E-state index contributed by atoms with van der Waals surface area (Å²) in [5.41, 5.74) is 1.16. The second-order valence-corrected chi connectivity index (χ2v) is 9.81. The van der Waals surface area contributed by atoms with E-state index in [0.717, 1.165) is 0 Å². The first-order valence-electron chi connectivity index (χ1n) is 11.4. The fourth-order valence-electron chi connectivity index (χ4n) is 4.22. The zero-order valence-electron chi connectivity index (χ0n) is 20.6. The number of hydrogen-bond donors (Lipinski definition) is 2. The minimum atomic E-state index is -0.369. The molecule has 2 aromatic heterocycles. The number of aromatic nitrogens is 4. The van der Waals surface area contributed by atoms with E-state index < -0.39 is 0 Å². The molecular weight excluding hydrogens is 505 g/mol. The van der Waals surface area contributed by atoms with Gasteiger partial charge in [-0.3, -0.25) is 14.4 Å². The van der Waals surface area contributed by atoms with Crippen LogP contribution in [-0.4, -0.2) is 54.9 Å². The Labute approximate surface area is 218 Å². The zero-order chi connectivity index (χ0) is 26.3. The number of nitrogens with zero attached hydrogens (tertiary/aromatic N) is 5. The maximum atomic E-state index is 13.8. The van der Waals surface area contributed by atoms with Gasteiger partial charge in [0, 0.05) is 37.3 Å². The Balaban J connectivity index is 1.80. The SMILES string of the molecule is CNC(=O)c1ncc(-n2c(NC(C)C)nc3c(c2=O)C[C@@H](C)N(C(=O)c2ccc(Cl)c(Cl)c2)C3)n1C. The van der Waals surface area contributed by atoms with Crippen molar-refractivity contribution in [2.75, 3.05) is 12.4 Å². The molecule has 0 radical (unpaired) electrons. The fourth-order valence-corrected chi connectivity index (χ4v) is 4.52. The highest BCUT2D eigenvalue weighted by atomic mass is 35.5. The lowest BCUT2D eigenvalue weighted by atomic mass is 9.98. The molecule has 190 valence electrons. The number of carbonyl (C=O) groups is 2. The van der Waals surface area contributed by atoms with Crippen LogP contribution in [-0.2, 0) is 20.0 Å². The van der Waals surface area contributed by atoms with Crippen molar-refractivity contribution in [2.24, 2.45) is 7.05 Å². The Kier molecular flexibility index (Phi) is 7.10. The van der Waals surface area contributed by atoms with Crippen LogP contribution >= 0.6 is 23.2 Å². The first-order chi connectivity index (χ1) is 17.0. The molecule has 12 heteroatoms. The molecule has 1 aliphatic rings. The van der Waals surface area contributed by atoms with Crippen molar-refractivity contribution in [1.82, 2.24) is 29.3 Å². The van der Waals surface area contributed by atoms with E-state index >= 15 is 0 Å². The predicted molar refractivity (Wildman–Crippen MR) is 138 cm³/mol. The van der Waals surface area contributed by atoms with Crippen LogP contribution in [0.3, 0.4) is 0 Å². The predicted octanol–water partition coefficient (Wildman–Crippen LogP) is 3.04. The van der Waals surface area contributed by atoms with Gasteiger partial charge in [0.25, 0.3) is 17.4 Å². The van der Waals surface area contributed by atoms with Crippen LogP contribution in [0.25, 0.3) is 5.82 Å². The van der Waals surface area contributed by atoms with Gasteiger partial charge >= 0.3 is 0 Å². The molecule has 3 heterocycles. The van der Waals surface area contributed by atoms with Crippen molar-refractivity contribution in [2.45, 2.75) is 45.8 Å². The number of amides is 2. The highest BCUT2D eigenvalue weighted by molar-refractivity contribution is 6.42. The van der Waals surface area contributed by atoms with Crippen LogP contribution in [0.5, 0.6) is 0 Å². The summed E-state index contributed by atoms with van der Waals surface area (Å²) in [5.74, 6) is 0.277. The van der Waals surface area contributed by atoms with Gasteiger partial charge < -0.3 is 20.1 Å². The second-order valence-electron chi connectivity index (χ2n) is 8.99. The van der Waals surface area contributed by atoms with E-state index in [0.29, 0.717) is 45.1 Å². The lowest BCUT2D eigenvalue weighted by molar-refractivity contribution is 0.0653. The lowest BCUT2D eigenvalue weighted by Gasteiger charge is -2.34. The summed E-state index contributed by atoms with van der Waals surface area (Å²) in [5, 5.41) is 6.43. The van der Waals surface area contributed by atoms with Crippen LogP contribution in [0.15, 0.2) is 29.2 Å². The maximum Gasteiger partial charge on any atom is 0.287 e. The molecule has 10 nitrogen and oxygen atoms in total. The number of halogens is 2. The highest BCUT2D eigenvalue weighted by Crippen LogP contribution is 2.27. The van der Waals surface area contributed by atoms with Crippen LogP contribution in [0.2, 0.25) is 10.0 Å². The topological polar surface area (TPSA) is 114 Å². The molecule has 0 unspecified atom stereocenters. The van der Waals surface area contributed by atoms with Gasteiger partial charge in [0.1, 0.15) is 5.82 Å². The van der Waals surface area contributed by atoms with Crippen LogP contribution in [0.4, 0.5) is 5.95 Å². The van der Waals surface area contributed by atoms with Crippen LogP contribution in [0, 0.1) is 0 Å². The number of rotatable bonds is 5. The third-order valence-electron chi connectivity index (χ3n) is 6.08. The van der Waals surface area contributed by atoms with Crippen LogP contribution in [0.1, 0.15) is 53.0 Å². The average Bonchev–Trinajstić information content (AvgIpc) is 3.20. The second kappa shape index (κ2) is 9.94. The minimum absolute atomic E-state index is 0.0377. The van der Waals surface area contributed by atoms with E-state index in [1.807, 2.05) is 20.8 Å². The summed E-state index contributed by atoms with van der Waals surface area (Å²) in [4.78, 5) is 49.9. The Hall–Kier alpha value is -3.37. The van der Waals surface area contributed by atoms with Gasteiger partial charge in [-0.2, -0.15) is 0 Å². The Bertz CT molecular complexity index is 1410. The first-order valence-corrected chi connectivity index (χ1v) is 12.2. The van der Waals surface area contributed by atoms with Crippen molar-refractivity contribution in [3.63, 3.8) is 0 Å². The summed E-state index contributed by atoms with van der Waals surface area (Å²) in [7, 11) is 3.18. The Morgan fingerprint density at radius 1 is 1.19 bits per heavy atom. The summed E-state index contributed by atoms with van der Waals surface area (Å²) >= 11 is 12.1. The van der Waals surface area contributed by atoms with E-state index in [1.54, 1.807) is 28.6 Å². The van der Waals surface area contributed by atoms with E-state index in [-0.39, 0.29) is 41.8 Å². The molecule has 36 heavy (non-hydrogen) atoms. The Morgan fingerprint density at radius 3 is 2.56 bits per heavy atom. The van der Waals surface area contributed by atoms with Gasteiger partial charge in [-0.1, -0.05) is 23.2 Å². The monoisotopic (exact) mass is 531 g/mol. The fraction of sp³-hybridized carbons (Fsp3) is 0.375. The van der Waals surface area contributed by atoms with E-state index in [9.17, 15) is 14.4 Å².